The van der Waals surface area contributed by atoms with E-state index in [1.807, 2.05) is 24.3 Å². The highest BCUT2D eigenvalue weighted by atomic mass is 79.9. The highest BCUT2D eigenvalue weighted by molar-refractivity contribution is 9.10. The molecule has 0 amide bonds. The molecule has 0 saturated carbocycles. The molecule has 5 heteroatoms. The summed E-state index contributed by atoms with van der Waals surface area (Å²) in [7, 11) is -1.66. The van der Waals surface area contributed by atoms with Crippen molar-refractivity contribution in [1.29, 1.82) is 0 Å². The zero-order valence-corrected chi connectivity index (χ0v) is 10.2. The molecule has 0 aliphatic heterocycles. The molecule has 0 aromatic heterocycles. The minimum Gasteiger partial charge on any atom is -0.218 e. The van der Waals surface area contributed by atoms with Crippen molar-refractivity contribution in [2.45, 2.75) is 13.8 Å². The van der Waals surface area contributed by atoms with Gasteiger partial charge in [0.2, 0.25) is 10.0 Å². The van der Waals surface area contributed by atoms with Crippen LogP contribution in [0.3, 0.4) is 0 Å². The summed E-state index contributed by atoms with van der Waals surface area (Å²) in [6.07, 6.45) is 0.538. The Morgan fingerprint density at radius 3 is 2.27 bits per heavy atom. The van der Waals surface area contributed by atoms with Gasteiger partial charge in [-0.2, -0.15) is 0 Å². The van der Waals surface area contributed by atoms with Crippen molar-refractivity contribution in [3.63, 3.8) is 0 Å². The molecule has 0 spiro atoms. The number of sulfonamides is 1. The van der Waals surface area contributed by atoms with Crippen molar-refractivity contribution in [2.75, 3.05) is 12.8 Å². The number of rotatable bonds is 4. The first-order chi connectivity index (χ1) is 6.53. The third kappa shape index (κ3) is 5.30. The van der Waals surface area contributed by atoms with Gasteiger partial charge in [0, 0.05) is 4.47 Å². The van der Waals surface area contributed by atoms with E-state index in [1.54, 1.807) is 0 Å². The van der Waals surface area contributed by atoms with E-state index < -0.39 is 10.0 Å². The van der Waals surface area contributed by atoms with Crippen LogP contribution in [0.2, 0.25) is 0 Å². The Bertz CT molecular complexity index is 386. The van der Waals surface area contributed by atoms with Gasteiger partial charge < -0.3 is 0 Å². The third-order valence-corrected chi connectivity index (χ3v) is 3.78. The average molecular weight is 294 g/mol. The van der Waals surface area contributed by atoms with E-state index in [1.165, 1.54) is 7.05 Å². The molecular weight excluding hydrogens is 278 g/mol. The molecule has 0 atom stereocenters. The van der Waals surface area contributed by atoms with Gasteiger partial charge >= 0.3 is 0 Å². The lowest BCUT2D eigenvalue weighted by molar-refractivity contribution is 0.587. The van der Waals surface area contributed by atoms with Gasteiger partial charge in [-0.05, 0) is 31.2 Å². The highest BCUT2D eigenvalue weighted by Crippen LogP contribution is 2.11. The predicted molar refractivity (Wildman–Crippen MR) is 67.4 cm³/mol. The number of aryl methyl sites for hydroxylation is 1. The van der Waals surface area contributed by atoms with E-state index >= 15 is 0 Å². The molecule has 1 rings (SSSR count). The normalized spacial score (nSPS) is 10.8. The molecular formula is C10H16BrNO2S. The predicted octanol–water partition coefficient (Wildman–Crippen LogP) is 2.18. The van der Waals surface area contributed by atoms with Crippen LogP contribution < -0.4 is 4.72 Å². The van der Waals surface area contributed by atoms with Gasteiger partial charge in [0.1, 0.15) is 0 Å². The lowest BCUT2D eigenvalue weighted by atomic mass is 10.2. The van der Waals surface area contributed by atoms with Gasteiger partial charge in [-0.1, -0.05) is 35.5 Å². The van der Waals surface area contributed by atoms with Crippen LogP contribution in [0.5, 0.6) is 0 Å². The first-order valence-corrected chi connectivity index (χ1v) is 6.64. The SMILES string of the molecule is C.CNS(=O)(=O)CCc1ccc(Br)cc1. The lowest BCUT2D eigenvalue weighted by Crippen LogP contribution is -2.23. The zero-order valence-electron chi connectivity index (χ0n) is 7.83. The second-order valence-electron chi connectivity index (χ2n) is 2.90. The van der Waals surface area contributed by atoms with Crippen LogP contribution in [-0.4, -0.2) is 21.2 Å². The van der Waals surface area contributed by atoms with Gasteiger partial charge in [-0.15, -0.1) is 0 Å². The monoisotopic (exact) mass is 293 g/mol. The molecule has 0 bridgehead atoms. The van der Waals surface area contributed by atoms with Gasteiger partial charge in [-0.25, -0.2) is 13.1 Å². The smallest absolute Gasteiger partial charge is 0.211 e. The van der Waals surface area contributed by atoms with Crippen LogP contribution in [-0.2, 0) is 16.4 Å². The number of halogens is 1. The van der Waals surface area contributed by atoms with E-state index in [0.717, 1.165) is 10.0 Å². The van der Waals surface area contributed by atoms with Crippen LogP contribution in [0, 0.1) is 0 Å². The van der Waals surface area contributed by atoms with E-state index in [4.69, 9.17) is 0 Å². The number of hydrogen-bond acceptors (Lipinski definition) is 2. The molecule has 0 fully saturated rings. The summed E-state index contributed by atoms with van der Waals surface area (Å²) in [4.78, 5) is 0. The van der Waals surface area contributed by atoms with Crippen molar-refractivity contribution in [3.05, 3.63) is 34.3 Å². The van der Waals surface area contributed by atoms with E-state index in [2.05, 4.69) is 20.7 Å². The van der Waals surface area contributed by atoms with Gasteiger partial charge in [-0.3, -0.25) is 0 Å². The fourth-order valence-corrected chi connectivity index (χ4v) is 1.98. The molecule has 1 aromatic carbocycles. The van der Waals surface area contributed by atoms with Crippen LogP contribution >= 0.6 is 15.9 Å². The highest BCUT2D eigenvalue weighted by Gasteiger charge is 2.06. The molecule has 86 valence electrons. The summed E-state index contributed by atoms with van der Waals surface area (Å²) in [6, 6.07) is 7.63. The van der Waals surface area contributed by atoms with Crippen molar-refractivity contribution >= 4 is 26.0 Å². The van der Waals surface area contributed by atoms with E-state index in [-0.39, 0.29) is 13.2 Å². The van der Waals surface area contributed by atoms with Crippen molar-refractivity contribution in [1.82, 2.24) is 4.72 Å². The summed E-state index contributed by atoms with van der Waals surface area (Å²) >= 11 is 3.32. The Kier molecular flexibility index (Phi) is 6.09. The van der Waals surface area contributed by atoms with Gasteiger partial charge in [0.15, 0.2) is 0 Å². The molecule has 0 saturated heterocycles. The number of nitrogens with one attached hydrogen (secondary N) is 1. The molecule has 0 radical (unpaired) electrons. The first-order valence-electron chi connectivity index (χ1n) is 4.19. The second-order valence-corrected chi connectivity index (χ2v) is 5.86. The molecule has 0 unspecified atom stereocenters. The second kappa shape index (κ2) is 6.25. The quantitative estimate of drug-likeness (QED) is 0.925. The lowest BCUT2D eigenvalue weighted by Gasteiger charge is -2.02. The van der Waals surface area contributed by atoms with Crippen molar-refractivity contribution < 1.29 is 8.42 Å². The number of hydrogen-bond donors (Lipinski definition) is 1. The molecule has 15 heavy (non-hydrogen) atoms. The van der Waals surface area contributed by atoms with E-state index in [9.17, 15) is 8.42 Å². The molecule has 1 N–H and O–H groups in total. The maximum atomic E-state index is 11.1. The Morgan fingerprint density at radius 1 is 1.27 bits per heavy atom. The van der Waals surface area contributed by atoms with Crippen LogP contribution in [0.25, 0.3) is 0 Å². The fraction of sp³-hybridized carbons (Fsp3) is 0.400. The standard InChI is InChI=1S/C9H12BrNO2S.CH4/c1-11-14(12,13)7-6-8-2-4-9(10)5-3-8;/h2-5,11H,6-7H2,1H3;1H4. The topological polar surface area (TPSA) is 46.2 Å². The van der Waals surface area contributed by atoms with Crippen molar-refractivity contribution in [3.8, 4) is 0 Å². The maximum absolute atomic E-state index is 11.1. The Labute approximate surface area is 100 Å². The number of benzene rings is 1. The molecule has 0 heterocycles. The van der Waals surface area contributed by atoms with Crippen LogP contribution in [0.15, 0.2) is 28.7 Å². The average Bonchev–Trinajstić information content (AvgIpc) is 2.17. The Morgan fingerprint density at radius 2 is 1.80 bits per heavy atom. The Hall–Kier alpha value is -0.390. The third-order valence-electron chi connectivity index (χ3n) is 1.88. The zero-order chi connectivity index (χ0) is 10.6. The minimum absolute atomic E-state index is 0. The molecule has 1 aromatic rings. The molecule has 0 aliphatic carbocycles. The van der Waals surface area contributed by atoms with Crippen LogP contribution in [0.1, 0.15) is 13.0 Å². The first kappa shape index (κ1) is 14.6. The summed E-state index contributed by atoms with van der Waals surface area (Å²) in [5.74, 6) is 0.130. The summed E-state index contributed by atoms with van der Waals surface area (Å²) in [5.41, 5.74) is 1.02. The summed E-state index contributed by atoms with van der Waals surface area (Å²) < 4.78 is 25.5. The summed E-state index contributed by atoms with van der Waals surface area (Å²) in [6.45, 7) is 0. The van der Waals surface area contributed by atoms with Crippen molar-refractivity contribution in [2.24, 2.45) is 0 Å². The van der Waals surface area contributed by atoms with Gasteiger partial charge in [0.25, 0.3) is 0 Å². The van der Waals surface area contributed by atoms with Crippen LogP contribution in [0.4, 0.5) is 0 Å². The fourth-order valence-electron chi connectivity index (χ4n) is 1.01. The molecule has 3 nitrogen and oxygen atoms in total. The molecule has 0 aliphatic rings. The summed E-state index contributed by atoms with van der Waals surface area (Å²) in [5, 5.41) is 0. The Balaban J connectivity index is 0.00000196. The minimum atomic E-state index is -3.09. The van der Waals surface area contributed by atoms with Gasteiger partial charge in [0.05, 0.1) is 5.75 Å². The largest absolute Gasteiger partial charge is 0.218 e. The van der Waals surface area contributed by atoms with E-state index in [0.29, 0.717) is 6.42 Å². The maximum Gasteiger partial charge on any atom is 0.211 e.